The van der Waals surface area contributed by atoms with Gasteiger partial charge in [0.15, 0.2) is 5.65 Å². The van der Waals surface area contributed by atoms with Gasteiger partial charge in [0, 0.05) is 49.6 Å². The van der Waals surface area contributed by atoms with Crippen molar-refractivity contribution in [2.24, 2.45) is 0 Å². The van der Waals surface area contributed by atoms with Gasteiger partial charge in [-0.3, -0.25) is 4.79 Å². The van der Waals surface area contributed by atoms with Gasteiger partial charge in [-0.15, -0.1) is 0 Å². The number of pyridine rings is 1. The molecule has 4 heterocycles. The highest BCUT2D eigenvalue weighted by Crippen LogP contribution is 2.38. The van der Waals surface area contributed by atoms with Crippen LogP contribution in [0.2, 0.25) is 0 Å². The molecule has 6 rings (SSSR count). The molecule has 2 N–H and O–H groups in total. The highest BCUT2D eigenvalue weighted by atomic mass is 16.5. The molecule has 2 atom stereocenters. The Morgan fingerprint density at radius 3 is 2.79 bits per heavy atom. The number of amides is 1. The quantitative estimate of drug-likeness (QED) is 0.472. The maximum absolute atomic E-state index is 13.1. The summed E-state index contributed by atoms with van der Waals surface area (Å²) in [6.07, 6.45) is 11.1. The molecule has 9 nitrogen and oxygen atoms in total. The van der Waals surface area contributed by atoms with Crippen LogP contribution in [0, 0.1) is 0 Å². The van der Waals surface area contributed by atoms with Crippen molar-refractivity contribution in [3.05, 3.63) is 42.4 Å². The first kappa shape index (κ1) is 20.2. The number of aromatic nitrogens is 5. The molecule has 2 aliphatic rings. The van der Waals surface area contributed by atoms with Crippen molar-refractivity contribution in [1.29, 1.82) is 0 Å². The molecule has 0 radical (unpaired) electrons. The van der Waals surface area contributed by atoms with E-state index in [9.17, 15) is 4.79 Å². The van der Waals surface area contributed by atoms with Crippen molar-refractivity contribution in [3.8, 4) is 11.3 Å². The SMILES string of the molecule is CNc1cc(-c2cn(C3CCC3)c3ncccc23)nc2c(C(=O)N[C@H]3CC[C@H]3OC)cnn12. The summed E-state index contributed by atoms with van der Waals surface area (Å²) in [5, 5.41) is 11.8. The maximum atomic E-state index is 13.1. The summed E-state index contributed by atoms with van der Waals surface area (Å²) in [5.41, 5.74) is 3.75. The fraction of sp³-hybridized carbons (Fsp3) is 0.417. The molecular weight excluding hydrogens is 418 g/mol. The molecule has 2 fully saturated rings. The minimum Gasteiger partial charge on any atom is -0.379 e. The smallest absolute Gasteiger partial charge is 0.257 e. The fourth-order valence-electron chi connectivity index (χ4n) is 4.83. The third kappa shape index (κ3) is 3.18. The lowest BCUT2D eigenvalue weighted by Gasteiger charge is -2.35. The van der Waals surface area contributed by atoms with E-state index in [1.807, 2.05) is 25.4 Å². The summed E-state index contributed by atoms with van der Waals surface area (Å²) in [6, 6.07) is 6.52. The van der Waals surface area contributed by atoms with E-state index < -0.39 is 0 Å². The third-order valence-electron chi connectivity index (χ3n) is 7.14. The minimum atomic E-state index is -0.179. The van der Waals surface area contributed by atoms with Crippen LogP contribution in [0.15, 0.2) is 36.8 Å². The fourth-order valence-corrected chi connectivity index (χ4v) is 4.83. The molecule has 2 aliphatic carbocycles. The number of carbonyl (C=O) groups excluding carboxylic acids is 1. The van der Waals surface area contributed by atoms with Crippen LogP contribution in [0.3, 0.4) is 0 Å². The number of methoxy groups -OCH3 is 1. The van der Waals surface area contributed by atoms with Gasteiger partial charge in [0.2, 0.25) is 0 Å². The molecule has 0 spiro atoms. The average molecular weight is 446 g/mol. The number of carbonyl (C=O) groups is 1. The highest BCUT2D eigenvalue weighted by Gasteiger charge is 2.33. The molecule has 9 heteroatoms. The van der Waals surface area contributed by atoms with E-state index in [-0.39, 0.29) is 18.1 Å². The normalized spacial score (nSPS) is 20.5. The van der Waals surface area contributed by atoms with Crippen LogP contribution in [0.4, 0.5) is 5.82 Å². The first-order chi connectivity index (χ1) is 16.2. The monoisotopic (exact) mass is 445 g/mol. The van der Waals surface area contributed by atoms with Crippen molar-refractivity contribution >= 4 is 28.4 Å². The first-order valence-electron chi connectivity index (χ1n) is 11.5. The molecule has 170 valence electrons. The molecule has 4 aromatic rings. The molecule has 0 saturated heterocycles. The minimum absolute atomic E-state index is 0.0240. The lowest BCUT2D eigenvalue weighted by Crippen LogP contribution is -2.51. The zero-order valence-corrected chi connectivity index (χ0v) is 18.8. The van der Waals surface area contributed by atoms with Gasteiger partial charge in [-0.25, -0.2) is 9.97 Å². The molecule has 0 aliphatic heterocycles. The van der Waals surface area contributed by atoms with Crippen LogP contribution >= 0.6 is 0 Å². The van der Waals surface area contributed by atoms with Gasteiger partial charge < -0.3 is 19.9 Å². The number of rotatable bonds is 6. The summed E-state index contributed by atoms with van der Waals surface area (Å²) in [7, 11) is 3.52. The topological polar surface area (TPSA) is 98.4 Å². The van der Waals surface area contributed by atoms with Crippen LogP contribution in [0.25, 0.3) is 27.9 Å². The lowest BCUT2D eigenvalue weighted by atomic mass is 9.89. The van der Waals surface area contributed by atoms with Gasteiger partial charge >= 0.3 is 0 Å². The molecule has 0 aromatic carbocycles. The van der Waals surface area contributed by atoms with E-state index in [1.54, 1.807) is 17.8 Å². The number of fused-ring (bicyclic) bond motifs is 2. The molecule has 0 bridgehead atoms. The second kappa shape index (κ2) is 7.84. The van der Waals surface area contributed by atoms with Gasteiger partial charge in [0.1, 0.15) is 17.0 Å². The van der Waals surface area contributed by atoms with E-state index in [1.165, 1.54) is 19.3 Å². The molecule has 2 saturated carbocycles. The molecular formula is C24H27N7O2. The Kier molecular flexibility index (Phi) is 4.79. The summed E-state index contributed by atoms with van der Waals surface area (Å²) in [4.78, 5) is 22.7. The summed E-state index contributed by atoms with van der Waals surface area (Å²) < 4.78 is 9.38. The van der Waals surface area contributed by atoms with Crippen molar-refractivity contribution in [3.63, 3.8) is 0 Å². The number of anilines is 1. The summed E-state index contributed by atoms with van der Waals surface area (Å²) in [6.45, 7) is 0. The number of nitrogens with one attached hydrogen (secondary N) is 2. The Bertz CT molecular complexity index is 1350. The molecule has 1 amide bonds. The summed E-state index contributed by atoms with van der Waals surface area (Å²) in [5.74, 6) is 0.586. The van der Waals surface area contributed by atoms with Gasteiger partial charge in [-0.1, -0.05) is 0 Å². The van der Waals surface area contributed by atoms with Crippen molar-refractivity contribution in [1.82, 2.24) is 29.5 Å². The Labute approximate surface area is 191 Å². The zero-order chi connectivity index (χ0) is 22.5. The number of hydrogen-bond acceptors (Lipinski definition) is 6. The van der Waals surface area contributed by atoms with Crippen molar-refractivity contribution in [2.75, 3.05) is 19.5 Å². The van der Waals surface area contributed by atoms with Gasteiger partial charge in [0.05, 0.1) is 24.0 Å². The average Bonchev–Trinajstić information content (AvgIpc) is 3.37. The van der Waals surface area contributed by atoms with Crippen LogP contribution in [-0.2, 0) is 4.74 Å². The van der Waals surface area contributed by atoms with Gasteiger partial charge in [-0.05, 0) is 44.2 Å². The Balaban J connectivity index is 1.45. The van der Waals surface area contributed by atoms with Crippen LogP contribution < -0.4 is 10.6 Å². The Morgan fingerprint density at radius 2 is 2.09 bits per heavy atom. The Hall–Kier alpha value is -3.46. The second-order valence-corrected chi connectivity index (χ2v) is 8.91. The molecule has 33 heavy (non-hydrogen) atoms. The first-order valence-corrected chi connectivity index (χ1v) is 11.5. The van der Waals surface area contributed by atoms with E-state index >= 15 is 0 Å². The predicted molar refractivity (Wildman–Crippen MR) is 125 cm³/mol. The van der Waals surface area contributed by atoms with Crippen LogP contribution in [0.1, 0.15) is 48.5 Å². The van der Waals surface area contributed by atoms with E-state index in [4.69, 9.17) is 9.72 Å². The highest BCUT2D eigenvalue weighted by molar-refractivity contribution is 6.01. The van der Waals surface area contributed by atoms with Gasteiger partial charge in [0.25, 0.3) is 5.91 Å². The van der Waals surface area contributed by atoms with E-state index in [2.05, 4.69) is 37.5 Å². The predicted octanol–water partition coefficient (Wildman–Crippen LogP) is 3.42. The van der Waals surface area contributed by atoms with Crippen LogP contribution in [0.5, 0.6) is 0 Å². The number of hydrogen-bond donors (Lipinski definition) is 2. The number of ether oxygens (including phenoxy) is 1. The third-order valence-corrected chi connectivity index (χ3v) is 7.14. The zero-order valence-electron chi connectivity index (χ0n) is 18.8. The van der Waals surface area contributed by atoms with Crippen LogP contribution in [-0.4, -0.2) is 56.4 Å². The molecule has 4 aromatic heterocycles. The van der Waals surface area contributed by atoms with E-state index in [0.717, 1.165) is 41.0 Å². The molecule has 0 unspecified atom stereocenters. The second-order valence-electron chi connectivity index (χ2n) is 8.91. The standard InChI is InChI=1S/C24H27N7O2/c1-25-21-11-19(17-13-30(14-5-3-6-14)22-15(17)7-4-10-26-22)28-23-16(12-27-31(21)23)24(32)29-18-8-9-20(18)33-2/h4,7,10-14,18,20,25H,3,5-6,8-9H2,1-2H3,(H,29,32)/t18-,20+/m0/s1. The number of nitrogens with zero attached hydrogens (tertiary/aromatic N) is 5. The lowest BCUT2D eigenvalue weighted by molar-refractivity contribution is 0.00732. The maximum Gasteiger partial charge on any atom is 0.257 e. The van der Waals surface area contributed by atoms with E-state index in [0.29, 0.717) is 17.3 Å². The summed E-state index contributed by atoms with van der Waals surface area (Å²) >= 11 is 0. The van der Waals surface area contributed by atoms with Crippen molar-refractivity contribution < 1.29 is 9.53 Å². The van der Waals surface area contributed by atoms with Crippen molar-refractivity contribution in [2.45, 2.75) is 50.3 Å². The Morgan fingerprint density at radius 1 is 1.21 bits per heavy atom. The van der Waals surface area contributed by atoms with Gasteiger partial charge in [-0.2, -0.15) is 9.61 Å². The largest absolute Gasteiger partial charge is 0.379 e.